The van der Waals surface area contributed by atoms with E-state index in [4.69, 9.17) is 0 Å². The van der Waals surface area contributed by atoms with Gasteiger partial charge in [0.15, 0.2) is 0 Å². The molecule has 0 unspecified atom stereocenters. The number of hydrogen-bond donors (Lipinski definition) is 1. The topological polar surface area (TPSA) is 54.9 Å². The molecule has 2 heterocycles. The fourth-order valence-corrected chi connectivity index (χ4v) is 3.05. The van der Waals surface area contributed by atoms with Gasteiger partial charge in [0.1, 0.15) is 0 Å². The Balaban J connectivity index is 1.53. The summed E-state index contributed by atoms with van der Waals surface area (Å²) in [4.78, 5) is 20.7. The lowest BCUT2D eigenvalue weighted by molar-refractivity contribution is -0.137. The van der Waals surface area contributed by atoms with Crippen molar-refractivity contribution in [2.45, 2.75) is 12.6 Å². The predicted molar refractivity (Wildman–Crippen MR) is 92.8 cm³/mol. The van der Waals surface area contributed by atoms with Crippen molar-refractivity contribution in [3.05, 3.63) is 70.2 Å². The molecule has 1 N–H and O–H groups in total. The van der Waals surface area contributed by atoms with E-state index in [0.29, 0.717) is 13.0 Å². The van der Waals surface area contributed by atoms with Gasteiger partial charge >= 0.3 is 6.18 Å². The molecule has 0 aliphatic carbocycles. The van der Waals surface area contributed by atoms with Crippen molar-refractivity contribution in [2.75, 3.05) is 6.54 Å². The maximum absolute atomic E-state index is 12.5. The van der Waals surface area contributed by atoms with Crippen molar-refractivity contribution in [3.8, 4) is 11.4 Å². The van der Waals surface area contributed by atoms with Gasteiger partial charge < -0.3 is 5.32 Å². The second kappa shape index (κ2) is 7.65. The minimum Gasteiger partial charge on any atom is -0.352 e. The standard InChI is InChI=1S/C18H14F3N3OS/c19-18(20,21)13-6-4-12(5-7-13)17(25)23-10-8-16-24-15(11-26-16)14-3-1-2-9-22-14/h1-7,9,11H,8,10H2,(H,23,25). The van der Waals surface area contributed by atoms with E-state index in [-0.39, 0.29) is 5.56 Å². The number of rotatable bonds is 5. The van der Waals surface area contributed by atoms with Gasteiger partial charge in [-0.3, -0.25) is 9.78 Å². The normalized spacial score (nSPS) is 11.3. The Kier molecular flexibility index (Phi) is 5.32. The summed E-state index contributed by atoms with van der Waals surface area (Å²) in [6, 6.07) is 9.70. The Labute approximate surface area is 151 Å². The third-order valence-corrected chi connectivity index (χ3v) is 4.49. The van der Waals surface area contributed by atoms with Gasteiger partial charge in [-0.05, 0) is 36.4 Å². The summed E-state index contributed by atoms with van der Waals surface area (Å²) in [5, 5.41) is 5.43. The summed E-state index contributed by atoms with van der Waals surface area (Å²) in [6.45, 7) is 0.342. The molecule has 2 aromatic heterocycles. The molecule has 26 heavy (non-hydrogen) atoms. The van der Waals surface area contributed by atoms with Crippen LogP contribution in [0.1, 0.15) is 20.9 Å². The van der Waals surface area contributed by atoms with E-state index in [0.717, 1.165) is 28.5 Å². The van der Waals surface area contributed by atoms with Gasteiger partial charge in [0.2, 0.25) is 0 Å². The minimum absolute atomic E-state index is 0.186. The van der Waals surface area contributed by atoms with E-state index in [1.165, 1.54) is 23.5 Å². The fourth-order valence-electron chi connectivity index (χ4n) is 2.25. The molecule has 0 fully saturated rings. The Morgan fingerprint density at radius 2 is 1.85 bits per heavy atom. The molecule has 8 heteroatoms. The maximum atomic E-state index is 12.5. The average Bonchev–Trinajstić information content (AvgIpc) is 3.11. The number of hydrogen-bond acceptors (Lipinski definition) is 4. The fraction of sp³-hybridized carbons (Fsp3) is 0.167. The van der Waals surface area contributed by atoms with E-state index in [9.17, 15) is 18.0 Å². The van der Waals surface area contributed by atoms with Crippen LogP contribution in [0.5, 0.6) is 0 Å². The molecule has 4 nitrogen and oxygen atoms in total. The molecule has 0 bridgehead atoms. The average molecular weight is 377 g/mol. The number of thiazole rings is 1. The van der Waals surface area contributed by atoms with Crippen LogP contribution in [0.25, 0.3) is 11.4 Å². The first-order valence-corrected chi connectivity index (χ1v) is 8.63. The largest absolute Gasteiger partial charge is 0.416 e. The number of amides is 1. The zero-order valence-corrected chi connectivity index (χ0v) is 14.3. The van der Waals surface area contributed by atoms with Gasteiger partial charge in [0.05, 0.1) is 22.0 Å². The van der Waals surface area contributed by atoms with Crippen molar-refractivity contribution in [1.82, 2.24) is 15.3 Å². The maximum Gasteiger partial charge on any atom is 0.416 e. The summed E-state index contributed by atoms with van der Waals surface area (Å²) in [6.07, 6.45) is -2.19. The molecule has 0 saturated carbocycles. The summed E-state index contributed by atoms with van der Waals surface area (Å²) in [5.74, 6) is -0.416. The van der Waals surface area contributed by atoms with Crippen LogP contribution in [0, 0.1) is 0 Å². The Hall–Kier alpha value is -2.74. The second-order valence-corrected chi connectivity index (χ2v) is 6.37. The number of benzene rings is 1. The lowest BCUT2D eigenvalue weighted by Crippen LogP contribution is -2.25. The lowest BCUT2D eigenvalue weighted by atomic mass is 10.1. The van der Waals surface area contributed by atoms with E-state index >= 15 is 0 Å². The van der Waals surface area contributed by atoms with Gasteiger partial charge in [0.25, 0.3) is 5.91 Å². The number of pyridine rings is 1. The molecular weight excluding hydrogens is 363 g/mol. The Bertz CT molecular complexity index is 877. The minimum atomic E-state index is -4.41. The quantitative estimate of drug-likeness (QED) is 0.725. The van der Waals surface area contributed by atoms with E-state index < -0.39 is 17.6 Å². The molecule has 1 amide bonds. The number of nitrogens with one attached hydrogen (secondary N) is 1. The molecule has 134 valence electrons. The molecular formula is C18H14F3N3OS. The first-order valence-electron chi connectivity index (χ1n) is 7.75. The van der Waals surface area contributed by atoms with Crippen LogP contribution in [0.2, 0.25) is 0 Å². The number of carbonyl (C=O) groups is 1. The van der Waals surface area contributed by atoms with E-state index in [1.54, 1.807) is 6.20 Å². The highest BCUT2D eigenvalue weighted by Crippen LogP contribution is 2.29. The van der Waals surface area contributed by atoms with Crippen LogP contribution in [0.3, 0.4) is 0 Å². The number of aromatic nitrogens is 2. The Morgan fingerprint density at radius 1 is 1.08 bits per heavy atom. The first-order chi connectivity index (χ1) is 12.4. The molecule has 3 rings (SSSR count). The van der Waals surface area contributed by atoms with Crippen LogP contribution >= 0.6 is 11.3 Å². The predicted octanol–water partition coefficient (Wildman–Crippen LogP) is 4.20. The van der Waals surface area contributed by atoms with Gasteiger partial charge in [0, 0.05) is 30.1 Å². The van der Waals surface area contributed by atoms with Crippen molar-refractivity contribution >= 4 is 17.2 Å². The number of alkyl halides is 3. The summed E-state index contributed by atoms with van der Waals surface area (Å²) >= 11 is 1.47. The van der Waals surface area contributed by atoms with Crippen molar-refractivity contribution in [3.63, 3.8) is 0 Å². The third-order valence-electron chi connectivity index (χ3n) is 3.58. The first kappa shape index (κ1) is 18.1. The third kappa shape index (κ3) is 4.45. The van der Waals surface area contributed by atoms with Crippen LogP contribution in [0.15, 0.2) is 54.0 Å². The zero-order chi connectivity index (χ0) is 18.6. The van der Waals surface area contributed by atoms with Crippen molar-refractivity contribution in [1.29, 1.82) is 0 Å². The van der Waals surface area contributed by atoms with Crippen LogP contribution in [-0.2, 0) is 12.6 Å². The number of halogens is 3. The number of nitrogens with zero attached hydrogens (tertiary/aromatic N) is 2. The van der Waals surface area contributed by atoms with Crippen molar-refractivity contribution < 1.29 is 18.0 Å². The lowest BCUT2D eigenvalue weighted by Gasteiger charge is -2.08. The van der Waals surface area contributed by atoms with Crippen molar-refractivity contribution in [2.24, 2.45) is 0 Å². The molecule has 0 aliphatic heterocycles. The molecule has 3 aromatic rings. The van der Waals surface area contributed by atoms with E-state index in [2.05, 4.69) is 15.3 Å². The van der Waals surface area contributed by atoms with E-state index in [1.807, 2.05) is 23.6 Å². The smallest absolute Gasteiger partial charge is 0.352 e. The molecule has 0 aliphatic rings. The molecule has 0 spiro atoms. The highest BCUT2D eigenvalue weighted by atomic mass is 32.1. The van der Waals surface area contributed by atoms with Crippen LogP contribution in [0.4, 0.5) is 13.2 Å². The second-order valence-electron chi connectivity index (χ2n) is 5.42. The zero-order valence-electron chi connectivity index (χ0n) is 13.5. The number of carbonyl (C=O) groups excluding carboxylic acids is 1. The van der Waals surface area contributed by atoms with Gasteiger partial charge in [-0.1, -0.05) is 6.07 Å². The highest BCUT2D eigenvalue weighted by Gasteiger charge is 2.30. The summed E-state index contributed by atoms with van der Waals surface area (Å²) in [7, 11) is 0. The van der Waals surface area contributed by atoms with Gasteiger partial charge in [-0.15, -0.1) is 11.3 Å². The molecule has 0 radical (unpaired) electrons. The highest BCUT2D eigenvalue weighted by molar-refractivity contribution is 7.09. The van der Waals surface area contributed by atoms with Gasteiger partial charge in [-0.25, -0.2) is 4.98 Å². The van der Waals surface area contributed by atoms with Crippen LogP contribution < -0.4 is 5.32 Å². The summed E-state index contributed by atoms with van der Waals surface area (Å²) in [5.41, 5.74) is 0.966. The SMILES string of the molecule is O=C(NCCc1nc(-c2ccccn2)cs1)c1ccc(C(F)(F)F)cc1. The molecule has 0 atom stereocenters. The monoisotopic (exact) mass is 377 g/mol. The van der Waals surface area contributed by atoms with Gasteiger partial charge in [-0.2, -0.15) is 13.2 Å². The van der Waals surface area contributed by atoms with Crippen LogP contribution in [-0.4, -0.2) is 22.4 Å². The molecule has 1 aromatic carbocycles. The molecule has 0 saturated heterocycles. The summed E-state index contributed by atoms with van der Waals surface area (Å²) < 4.78 is 37.6. The Morgan fingerprint density at radius 3 is 2.50 bits per heavy atom.